The number of hydrazine groups is 1. The van der Waals surface area contributed by atoms with Crippen molar-refractivity contribution in [3.8, 4) is 12.1 Å². The van der Waals surface area contributed by atoms with Crippen molar-refractivity contribution in [2.45, 2.75) is 0 Å². The van der Waals surface area contributed by atoms with E-state index in [9.17, 15) is 4.79 Å². The Kier molecular flexibility index (Phi) is 4.43. The Balaban J connectivity index is 3.02. The number of nitrogens with zero attached hydrogens (tertiary/aromatic N) is 4. The number of aromatic nitrogens is 1. The fourth-order valence-electron chi connectivity index (χ4n) is 1.24. The first-order valence-electron chi connectivity index (χ1n) is 4.68. The van der Waals surface area contributed by atoms with E-state index >= 15 is 0 Å². The van der Waals surface area contributed by atoms with E-state index < -0.39 is 5.91 Å². The Morgan fingerprint density at radius 2 is 2.12 bits per heavy atom. The first-order valence-corrected chi connectivity index (χ1v) is 4.68. The number of nitrogens with two attached hydrogens (primary N) is 1. The van der Waals surface area contributed by atoms with Gasteiger partial charge in [0.05, 0.1) is 29.6 Å². The topological polar surface area (TPSA) is 119 Å². The standard InChI is InChI=1S/C10H10N6O/c11-2-5-16(6-3-12)10(17)8-1-4-14-7-9(8)15-13/h1,4,7,15H,5-6,13H2. The maximum atomic E-state index is 12.0. The van der Waals surface area contributed by atoms with Gasteiger partial charge in [0.1, 0.15) is 13.1 Å². The molecule has 0 unspecified atom stereocenters. The van der Waals surface area contributed by atoms with Gasteiger partial charge in [0, 0.05) is 6.20 Å². The van der Waals surface area contributed by atoms with Gasteiger partial charge < -0.3 is 10.3 Å². The molecule has 1 amide bonds. The van der Waals surface area contributed by atoms with Crippen LogP contribution in [-0.2, 0) is 0 Å². The van der Waals surface area contributed by atoms with E-state index in [1.807, 2.05) is 12.1 Å². The van der Waals surface area contributed by atoms with E-state index in [0.717, 1.165) is 4.90 Å². The zero-order valence-electron chi connectivity index (χ0n) is 8.92. The average Bonchev–Trinajstić information content (AvgIpc) is 2.37. The summed E-state index contributed by atoms with van der Waals surface area (Å²) in [6, 6.07) is 5.13. The molecule has 86 valence electrons. The minimum atomic E-state index is -0.441. The van der Waals surface area contributed by atoms with Crippen LogP contribution < -0.4 is 11.3 Å². The van der Waals surface area contributed by atoms with Crippen molar-refractivity contribution in [2.75, 3.05) is 18.5 Å². The maximum Gasteiger partial charge on any atom is 0.257 e. The first kappa shape index (κ1) is 12.4. The molecule has 0 saturated heterocycles. The van der Waals surface area contributed by atoms with Crippen LogP contribution in [0.25, 0.3) is 0 Å². The fourth-order valence-corrected chi connectivity index (χ4v) is 1.24. The third-order valence-electron chi connectivity index (χ3n) is 2.02. The summed E-state index contributed by atoms with van der Waals surface area (Å²) >= 11 is 0. The maximum absolute atomic E-state index is 12.0. The molecule has 1 heterocycles. The predicted octanol–water partition coefficient (Wildman–Crippen LogP) is -0.143. The van der Waals surface area contributed by atoms with E-state index in [1.165, 1.54) is 18.5 Å². The quantitative estimate of drug-likeness (QED) is 0.422. The summed E-state index contributed by atoms with van der Waals surface area (Å²) in [4.78, 5) is 16.9. The lowest BCUT2D eigenvalue weighted by Gasteiger charge is -2.17. The Bertz CT molecular complexity index is 470. The zero-order chi connectivity index (χ0) is 12.7. The number of carbonyl (C=O) groups is 1. The Morgan fingerprint density at radius 1 is 1.47 bits per heavy atom. The molecule has 17 heavy (non-hydrogen) atoms. The van der Waals surface area contributed by atoms with Crippen LogP contribution in [0.2, 0.25) is 0 Å². The Hall–Kier alpha value is -2.64. The van der Waals surface area contributed by atoms with Crippen molar-refractivity contribution in [3.63, 3.8) is 0 Å². The van der Waals surface area contributed by atoms with Gasteiger partial charge >= 0.3 is 0 Å². The molecule has 0 aromatic carbocycles. The largest absolute Gasteiger partial charge is 0.322 e. The Morgan fingerprint density at radius 3 is 2.65 bits per heavy atom. The van der Waals surface area contributed by atoms with Gasteiger partial charge in [-0.1, -0.05) is 0 Å². The smallest absolute Gasteiger partial charge is 0.257 e. The molecule has 1 rings (SSSR count). The number of amides is 1. The molecular formula is C10H10N6O. The van der Waals surface area contributed by atoms with Gasteiger partial charge in [-0.15, -0.1) is 0 Å². The number of anilines is 1. The second-order valence-electron chi connectivity index (χ2n) is 3.04. The molecule has 0 aliphatic heterocycles. The number of pyridine rings is 1. The molecule has 1 aromatic heterocycles. The van der Waals surface area contributed by atoms with Gasteiger partial charge in [0.15, 0.2) is 0 Å². The van der Waals surface area contributed by atoms with Crippen LogP contribution >= 0.6 is 0 Å². The number of nitrogens with one attached hydrogen (secondary N) is 1. The van der Waals surface area contributed by atoms with Gasteiger partial charge in [0.2, 0.25) is 0 Å². The lowest BCUT2D eigenvalue weighted by atomic mass is 10.2. The summed E-state index contributed by atoms with van der Waals surface area (Å²) in [7, 11) is 0. The molecule has 7 nitrogen and oxygen atoms in total. The summed E-state index contributed by atoms with van der Waals surface area (Å²) in [5.74, 6) is 4.80. The molecule has 1 aromatic rings. The van der Waals surface area contributed by atoms with Crippen molar-refractivity contribution in [2.24, 2.45) is 5.84 Å². The van der Waals surface area contributed by atoms with Gasteiger partial charge in [-0.05, 0) is 6.07 Å². The zero-order valence-corrected chi connectivity index (χ0v) is 8.92. The summed E-state index contributed by atoms with van der Waals surface area (Å²) in [5, 5.41) is 17.2. The number of nitriles is 2. The predicted molar refractivity (Wildman–Crippen MR) is 59.2 cm³/mol. The molecule has 0 atom stereocenters. The molecule has 0 bridgehead atoms. The number of hydrogen-bond donors (Lipinski definition) is 2. The molecule has 0 aliphatic rings. The monoisotopic (exact) mass is 230 g/mol. The number of carbonyl (C=O) groups excluding carboxylic acids is 1. The highest BCUT2D eigenvalue weighted by molar-refractivity contribution is 5.99. The molecule has 0 radical (unpaired) electrons. The van der Waals surface area contributed by atoms with Crippen molar-refractivity contribution in [1.82, 2.24) is 9.88 Å². The van der Waals surface area contributed by atoms with E-state index in [2.05, 4.69) is 10.4 Å². The van der Waals surface area contributed by atoms with Crippen LogP contribution in [0.3, 0.4) is 0 Å². The van der Waals surface area contributed by atoms with Crippen molar-refractivity contribution >= 4 is 11.6 Å². The number of nitrogen functional groups attached to an aromatic ring is 1. The summed E-state index contributed by atoms with van der Waals surface area (Å²) in [6.07, 6.45) is 2.83. The molecule has 0 fully saturated rings. The minimum Gasteiger partial charge on any atom is -0.322 e. The summed E-state index contributed by atoms with van der Waals surface area (Å²) < 4.78 is 0. The normalized spacial score (nSPS) is 8.88. The van der Waals surface area contributed by atoms with Crippen molar-refractivity contribution in [3.05, 3.63) is 24.0 Å². The van der Waals surface area contributed by atoms with E-state index in [0.29, 0.717) is 5.69 Å². The highest BCUT2D eigenvalue weighted by atomic mass is 16.2. The first-order chi connectivity index (χ1) is 8.24. The molecule has 0 spiro atoms. The second kappa shape index (κ2) is 6.05. The van der Waals surface area contributed by atoms with Crippen LogP contribution in [0.5, 0.6) is 0 Å². The minimum absolute atomic E-state index is 0.154. The van der Waals surface area contributed by atoms with Crippen LogP contribution in [0, 0.1) is 22.7 Å². The highest BCUT2D eigenvalue weighted by Crippen LogP contribution is 2.14. The van der Waals surface area contributed by atoms with E-state index in [1.54, 1.807) is 0 Å². The number of hydrogen-bond acceptors (Lipinski definition) is 6. The molecule has 0 saturated carbocycles. The van der Waals surface area contributed by atoms with Crippen LogP contribution in [0.1, 0.15) is 10.4 Å². The van der Waals surface area contributed by atoms with Crippen molar-refractivity contribution < 1.29 is 4.79 Å². The van der Waals surface area contributed by atoms with Gasteiger partial charge in [0.25, 0.3) is 5.91 Å². The lowest BCUT2D eigenvalue weighted by Crippen LogP contribution is -2.32. The summed E-state index contributed by atoms with van der Waals surface area (Å²) in [6.45, 7) is -0.308. The molecule has 7 heteroatoms. The SMILES string of the molecule is N#CCN(CC#N)C(=O)c1ccncc1NN. The third kappa shape index (κ3) is 2.91. The van der Waals surface area contributed by atoms with E-state index in [4.69, 9.17) is 16.4 Å². The third-order valence-corrected chi connectivity index (χ3v) is 2.02. The molecular weight excluding hydrogens is 220 g/mol. The van der Waals surface area contributed by atoms with Crippen molar-refractivity contribution in [1.29, 1.82) is 10.5 Å². The molecule has 3 N–H and O–H groups in total. The summed E-state index contributed by atoms with van der Waals surface area (Å²) in [5.41, 5.74) is 2.96. The second-order valence-corrected chi connectivity index (χ2v) is 3.04. The van der Waals surface area contributed by atoms with Gasteiger partial charge in [-0.25, -0.2) is 0 Å². The van der Waals surface area contributed by atoms with Gasteiger partial charge in [-0.3, -0.25) is 15.6 Å². The van der Waals surface area contributed by atoms with Crippen LogP contribution in [0.4, 0.5) is 5.69 Å². The van der Waals surface area contributed by atoms with Crippen LogP contribution in [0.15, 0.2) is 18.5 Å². The average molecular weight is 230 g/mol. The molecule has 0 aliphatic carbocycles. The lowest BCUT2D eigenvalue weighted by molar-refractivity contribution is 0.0795. The van der Waals surface area contributed by atoms with E-state index in [-0.39, 0.29) is 18.7 Å². The van der Waals surface area contributed by atoms with Gasteiger partial charge in [-0.2, -0.15) is 10.5 Å². The van der Waals surface area contributed by atoms with Crippen LogP contribution in [-0.4, -0.2) is 28.9 Å². The fraction of sp³-hybridized carbons (Fsp3) is 0.200. The highest BCUT2D eigenvalue weighted by Gasteiger charge is 2.18. The Labute approximate surface area is 98.0 Å². The number of rotatable bonds is 4.